The van der Waals surface area contributed by atoms with Gasteiger partial charge in [-0.3, -0.25) is 9.89 Å². The Morgan fingerprint density at radius 3 is 2.80 bits per heavy atom. The summed E-state index contributed by atoms with van der Waals surface area (Å²) < 4.78 is 2.38. The molecule has 1 aromatic carbocycles. The Hall–Kier alpha value is -1.95. The number of nitrogens with zero attached hydrogens (tertiary/aromatic N) is 2. The van der Waals surface area contributed by atoms with Crippen LogP contribution in [0.5, 0.6) is 0 Å². The molecule has 1 amide bonds. The molecule has 25 heavy (non-hydrogen) atoms. The number of fused-ring (bicyclic) bond motifs is 2. The van der Waals surface area contributed by atoms with Crippen LogP contribution in [0.3, 0.4) is 0 Å². The molecule has 1 aromatic heterocycles. The summed E-state index contributed by atoms with van der Waals surface area (Å²) in [5.41, 5.74) is 0.985. The van der Waals surface area contributed by atoms with Crippen molar-refractivity contribution in [1.29, 1.82) is 0 Å². The lowest BCUT2D eigenvalue weighted by atomic mass is 9.68. The first-order valence-corrected chi connectivity index (χ1v) is 9.42. The van der Waals surface area contributed by atoms with Crippen molar-refractivity contribution in [3.05, 3.63) is 46.5 Å². The molecule has 0 radical (unpaired) electrons. The van der Waals surface area contributed by atoms with Gasteiger partial charge in [-0.05, 0) is 55.3 Å². The molecule has 0 aliphatic heterocycles. The number of rotatable bonds is 5. The van der Waals surface area contributed by atoms with Gasteiger partial charge in [0.25, 0.3) is 0 Å². The number of amides is 1. The maximum absolute atomic E-state index is 13.3. The summed E-state index contributed by atoms with van der Waals surface area (Å²) >= 11 is 5.15. The van der Waals surface area contributed by atoms with E-state index in [1.807, 2.05) is 13.1 Å². The molecule has 2 bridgehead atoms. The molecule has 4 rings (SSSR count). The molecule has 2 fully saturated rings. The van der Waals surface area contributed by atoms with Crippen LogP contribution >= 0.6 is 12.2 Å². The van der Waals surface area contributed by atoms with Crippen LogP contribution in [0.15, 0.2) is 30.3 Å². The summed E-state index contributed by atoms with van der Waals surface area (Å²) in [6.45, 7) is 0.413. The molecular weight excluding hydrogens is 332 g/mol. The van der Waals surface area contributed by atoms with E-state index in [9.17, 15) is 4.79 Å². The molecule has 3 atom stereocenters. The van der Waals surface area contributed by atoms with Crippen LogP contribution in [0, 0.1) is 22.0 Å². The molecule has 132 valence electrons. The molecule has 2 aromatic rings. The maximum atomic E-state index is 13.3. The summed E-state index contributed by atoms with van der Waals surface area (Å²) in [7, 11) is 1.87. The van der Waals surface area contributed by atoms with E-state index < -0.39 is 0 Å². The van der Waals surface area contributed by atoms with Crippen LogP contribution in [0.2, 0.25) is 0 Å². The lowest BCUT2D eigenvalue weighted by Gasteiger charge is -2.36. The van der Waals surface area contributed by atoms with Crippen molar-refractivity contribution < 1.29 is 4.79 Å². The second-order valence-electron chi connectivity index (χ2n) is 7.59. The highest BCUT2D eigenvalue weighted by molar-refractivity contribution is 7.71. The van der Waals surface area contributed by atoms with Gasteiger partial charge in [0.1, 0.15) is 0 Å². The van der Waals surface area contributed by atoms with Gasteiger partial charge >= 0.3 is 0 Å². The van der Waals surface area contributed by atoms with Crippen molar-refractivity contribution >= 4 is 18.1 Å². The van der Waals surface area contributed by atoms with E-state index in [0.29, 0.717) is 23.2 Å². The first-order valence-electron chi connectivity index (χ1n) is 9.01. The standard InChI is InChI=1S/C19H24N4OS/c1-23-16(21-22-18(23)25)12-20-17(24)19(10-13-5-3-2-4-6-13)11-14-7-8-15(19)9-14/h2-6,14-15H,7-12H2,1H3,(H,20,24)(H,22,25)/t14-,15-,19+/m0/s1. The van der Waals surface area contributed by atoms with E-state index in [1.54, 1.807) is 4.57 Å². The summed E-state index contributed by atoms with van der Waals surface area (Å²) in [6, 6.07) is 10.4. The largest absolute Gasteiger partial charge is 0.348 e. The molecule has 6 heteroatoms. The molecule has 0 spiro atoms. The summed E-state index contributed by atoms with van der Waals surface area (Å²) in [5.74, 6) is 2.15. The number of carbonyl (C=O) groups is 1. The Labute approximate surface area is 152 Å². The fourth-order valence-corrected chi connectivity index (χ4v) is 5.00. The summed E-state index contributed by atoms with van der Waals surface area (Å²) in [6.07, 6.45) is 5.50. The van der Waals surface area contributed by atoms with Gasteiger partial charge in [-0.1, -0.05) is 36.8 Å². The molecule has 0 saturated heterocycles. The zero-order valence-electron chi connectivity index (χ0n) is 14.5. The molecule has 5 nitrogen and oxygen atoms in total. The zero-order valence-corrected chi connectivity index (χ0v) is 15.3. The van der Waals surface area contributed by atoms with Gasteiger partial charge in [0.05, 0.1) is 12.0 Å². The predicted molar refractivity (Wildman–Crippen MR) is 98.3 cm³/mol. The van der Waals surface area contributed by atoms with E-state index in [2.05, 4.69) is 39.8 Å². The van der Waals surface area contributed by atoms with Gasteiger partial charge in [-0.25, -0.2) is 0 Å². The Morgan fingerprint density at radius 2 is 2.20 bits per heavy atom. The van der Waals surface area contributed by atoms with E-state index in [0.717, 1.165) is 18.7 Å². The van der Waals surface area contributed by atoms with E-state index >= 15 is 0 Å². The molecular formula is C19H24N4OS. The number of hydrogen-bond donors (Lipinski definition) is 2. The third kappa shape index (κ3) is 2.92. The second-order valence-corrected chi connectivity index (χ2v) is 7.97. The quantitative estimate of drug-likeness (QED) is 0.809. The monoisotopic (exact) mass is 356 g/mol. The molecule has 2 saturated carbocycles. The molecule has 2 aliphatic rings. The Kier molecular flexibility index (Phi) is 4.23. The SMILES string of the molecule is Cn1c(CNC(=O)[C@]2(Cc3ccccc3)C[C@H]3CC[C@H]2C3)n[nH]c1=S. The van der Waals surface area contributed by atoms with Gasteiger partial charge in [-0.15, -0.1) is 0 Å². The Balaban J connectivity index is 1.55. The maximum Gasteiger partial charge on any atom is 0.227 e. The van der Waals surface area contributed by atoms with Crippen LogP contribution in [-0.2, 0) is 24.8 Å². The number of aromatic amines is 1. The summed E-state index contributed by atoms with van der Waals surface area (Å²) in [4.78, 5) is 13.3. The molecule has 0 unspecified atom stereocenters. The average molecular weight is 356 g/mol. The van der Waals surface area contributed by atoms with Gasteiger partial charge in [-0.2, -0.15) is 5.10 Å². The normalized spacial score (nSPS) is 27.6. The molecule has 2 aliphatic carbocycles. The zero-order chi connectivity index (χ0) is 17.4. The Morgan fingerprint density at radius 1 is 1.40 bits per heavy atom. The van der Waals surface area contributed by atoms with Crippen LogP contribution < -0.4 is 5.32 Å². The van der Waals surface area contributed by atoms with Crippen molar-refractivity contribution in [3.63, 3.8) is 0 Å². The average Bonchev–Trinajstić information content (AvgIpc) is 3.31. The number of carbonyl (C=O) groups excluding carboxylic acids is 1. The minimum Gasteiger partial charge on any atom is -0.348 e. The van der Waals surface area contributed by atoms with Crippen molar-refractivity contribution in [1.82, 2.24) is 20.1 Å². The molecule has 2 N–H and O–H groups in total. The van der Waals surface area contributed by atoms with E-state index in [-0.39, 0.29) is 11.3 Å². The summed E-state index contributed by atoms with van der Waals surface area (Å²) in [5, 5.41) is 10.1. The minimum absolute atomic E-state index is 0.178. The Bertz CT molecular complexity index is 827. The van der Waals surface area contributed by atoms with Crippen molar-refractivity contribution in [2.24, 2.45) is 24.3 Å². The highest BCUT2D eigenvalue weighted by Crippen LogP contribution is 2.57. The fraction of sp³-hybridized carbons (Fsp3) is 0.526. The van der Waals surface area contributed by atoms with Crippen LogP contribution in [0.4, 0.5) is 0 Å². The first-order chi connectivity index (χ1) is 12.1. The topological polar surface area (TPSA) is 62.7 Å². The highest BCUT2D eigenvalue weighted by Gasteiger charge is 2.55. The number of H-pyrrole nitrogens is 1. The third-order valence-corrected chi connectivity index (χ3v) is 6.53. The molecule has 1 heterocycles. The van der Waals surface area contributed by atoms with Gasteiger partial charge in [0, 0.05) is 7.05 Å². The number of benzene rings is 1. The van der Waals surface area contributed by atoms with Crippen molar-refractivity contribution in [3.8, 4) is 0 Å². The predicted octanol–water partition coefficient (Wildman–Crippen LogP) is 3.14. The minimum atomic E-state index is -0.268. The number of nitrogens with one attached hydrogen (secondary N) is 2. The van der Waals surface area contributed by atoms with Crippen LogP contribution in [0.1, 0.15) is 37.1 Å². The first kappa shape index (κ1) is 16.5. The third-order valence-electron chi connectivity index (χ3n) is 6.17. The number of aromatic nitrogens is 3. The lowest BCUT2D eigenvalue weighted by molar-refractivity contribution is -0.134. The number of hydrogen-bond acceptors (Lipinski definition) is 3. The van der Waals surface area contributed by atoms with E-state index in [4.69, 9.17) is 12.2 Å². The van der Waals surface area contributed by atoms with Crippen molar-refractivity contribution in [2.45, 2.75) is 38.6 Å². The second kappa shape index (κ2) is 6.41. The van der Waals surface area contributed by atoms with Crippen LogP contribution in [-0.4, -0.2) is 20.7 Å². The van der Waals surface area contributed by atoms with Gasteiger partial charge in [0.15, 0.2) is 10.6 Å². The van der Waals surface area contributed by atoms with Crippen molar-refractivity contribution in [2.75, 3.05) is 0 Å². The smallest absolute Gasteiger partial charge is 0.227 e. The van der Waals surface area contributed by atoms with Gasteiger partial charge in [0.2, 0.25) is 5.91 Å². The lowest BCUT2D eigenvalue weighted by Crippen LogP contribution is -2.46. The van der Waals surface area contributed by atoms with Gasteiger partial charge < -0.3 is 9.88 Å². The highest BCUT2D eigenvalue weighted by atomic mass is 32.1. The van der Waals surface area contributed by atoms with Crippen LogP contribution in [0.25, 0.3) is 0 Å². The van der Waals surface area contributed by atoms with E-state index in [1.165, 1.54) is 24.8 Å². The fourth-order valence-electron chi connectivity index (χ4n) is 4.85.